The standard InChI is InChI=1S/C21H23ClN2O3/c1-25-18-4-2-3-5-19(18)26-13-12-24-10-8-15(9-11-24)21-17-7-6-16(22)14-20(17)27-23-21/h2-7,14-15H,8-13H2,1H3. The van der Waals surface area contributed by atoms with Crippen molar-refractivity contribution in [2.75, 3.05) is 33.4 Å². The lowest BCUT2D eigenvalue weighted by Gasteiger charge is -2.31. The van der Waals surface area contributed by atoms with E-state index in [0.717, 1.165) is 60.6 Å². The molecule has 27 heavy (non-hydrogen) atoms. The van der Waals surface area contributed by atoms with Gasteiger partial charge in [-0.15, -0.1) is 0 Å². The second-order valence-corrected chi connectivity index (χ2v) is 7.26. The lowest BCUT2D eigenvalue weighted by molar-refractivity contribution is 0.169. The first kappa shape index (κ1) is 18.1. The minimum Gasteiger partial charge on any atom is -0.493 e. The summed E-state index contributed by atoms with van der Waals surface area (Å²) >= 11 is 6.03. The summed E-state index contributed by atoms with van der Waals surface area (Å²) < 4.78 is 16.7. The van der Waals surface area contributed by atoms with Crippen LogP contribution in [0.2, 0.25) is 5.02 Å². The highest BCUT2D eigenvalue weighted by Crippen LogP contribution is 2.33. The number of hydrogen-bond acceptors (Lipinski definition) is 5. The van der Waals surface area contributed by atoms with Crippen molar-refractivity contribution in [1.82, 2.24) is 10.1 Å². The van der Waals surface area contributed by atoms with Gasteiger partial charge in [-0.3, -0.25) is 4.90 Å². The molecule has 6 heteroatoms. The Morgan fingerprint density at radius 2 is 1.93 bits per heavy atom. The minimum absolute atomic E-state index is 0.429. The van der Waals surface area contributed by atoms with Crippen molar-refractivity contribution in [3.8, 4) is 11.5 Å². The van der Waals surface area contributed by atoms with Crippen LogP contribution in [0.1, 0.15) is 24.5 Å². The molecule has 0 N–H and O–H groups in total. The van der Waals surface area contributed by atoms with E-state index in [1.165, 1.54) is 0 Å². The topological polar surface area (TPSA) is 47.7 Å². The molecule has 1 saturated heterocycles. The maximum atomic E-state index is 6.03. The summed E-state index contributed by atoms with van der Waals surface area (Å²) in [6.07, 6.45) is 2.14. The number of rotatable bonds is 6. The fourth-order valence-corrected chi connectivity index (χ4v) is 3.84. The van der Waals surface area contributed by atoms with Crippen LogP contribution in [0.25, 0.3) is 11.0 Å². The van der Waals surface area contributed by atoms with E-state index in [1.807, 2.05) is 42.5 Å². The number of methoxy groups -OCH3 is 1. The van der Waals surface area contributed by atoms with E-state index >= 15 is 0 Å². The van der Waals surface area contributed by atoms with E-state index < -0.39 is 0 Å². The zero-order valence-corrected chi connectivity index (χ0v) is 16.1. The van der Waals surface area contributed by atoms with Crippen LogP contribution in [-0.4, -0.2) is 43.4 Å². The van der Waals surface area contributed by atoms with Gasteiger partial charge in [-0.2, -0.15) is 0 Å². The Balaban J connectivity index is 1.30. The van der Waals surface area contributed by atoms with Gasteiger partial charge >= 0.3 is 0 Å². The van der Waals surface area contributed by atoms with Crippen LogP contribution in [0.15, 0.2) is 47.0 Å². The summed E-state index contributed by atoms with van der Waals surface area (Å²) in [4.78, 5) is 2.44. The molecule has 4 rings (SSSR count). The van der Waals surface area contributed by atoms with Gasteiger partial charge < -0.3 is 14.0 Å². The van der Waals surface area contributed by atoms with Crippen molar-refractivity contribution in [2.45, 2.75) is 18.8 Å². The Morgan fingerprint density at radius 3 is 2.70 bits per heavy atom. The molecule has 0 bridgehead atoms. The molecule has 0 saturated carbocycles. The monoisotopic (exact) mass is 386 g/mol. The number of halogens is 1. The third-order valence-corrected chi connectivity index (χ3v) is 5.41. The molecule has 1 aliphatic rings. The first-order valence-corrected chi connectivity index (χ1v) is 9.65. The van der Waals surface area contributed by atoms with Gasteiger partial charge in [0, 0.05) is 28.9 Å². The molecule has 2 heterocycles. The summed E-state index contributed by atoms with van der Waals surface area (Å²) in [5, 5.41) is 6.07. The van der Waals surface area contributed by atoms with Gasteiger partial charge in [0.15, 0.2) is 17.1 Å². The maximum absolute atomic E-state index is 6.03. The van der Waals surface area contributed by atoms with Gasteiger partial charge in [0.05, 0.1) is 12.8 Å². The Bertz CT molecular complexity index is 903. The highest BCUT2D eigenvalue weighted by Gasteiger charge is 2.25. The molecular formula is C21H23ClN2O3. The molecule has 3 aromatic rings. The molecule has 1 aliphatic heterocycles. The molecule has 0 atom stereocenters. The summed E-state index contributed by atoms with van der Waals surface area (Å²) in [5.41, 5.74) is 1.83. The number of fused-ring (bicyclic) bond motifs is 1. The Kier molecular flexibility index (Phi) is 5.50. The second-order valence-electron chi connectivity index (χ2n) is 6.82. The lowest BCUT2D eigenvalue weighted by Crippen LogP contribution is -2.36. The molecule has 0 spiro atoms. The fraction of sp³-hybridized carbons (Fsp3) is 0.381. The van der Waals surface area contributed by atoms with Gasteiger partial charge in [-0.25, -0.2) is 0 Å². The quantitative estimate of drug-likeness (QED) is 0.612. The van der Waals surface area contributed by atoms with Crippen LogP contribution in [0.3, 0.4) is 0 Å². The third kappa shape index (κ3) is 4.04. The van der Waals surface area contributed by atoms with Gasteiger partial charge in [0.2, 0.25) is 0 Å². The van der Waals surface area contributed by atoms with Crippen molar-refractivity contribution < 1.29 is 14.0 Å². The van der Waals surface area contributed by atoms with Crippen LogP contribution in [-0.2, 0) is 0 Å². The Morgan fingerprint density at radius 1 is 1.15 bits per heavy atom. The molecular weight excluding hydrogens is 364 g/mol. The zero-order valence-electron chi connectivity index (χ0n) is 15.4. The van der Waals surface area contributed by atoms with E-state index in [0.29, 0.717) is 17.5 Å². The lowest BCUT2D eigenvalue weighted by atomic mass is 9.91. The second kappa shape index (κ2) is 8.19. The molecule has 0 radical (unpaired) electrons. The summed E-state index contributed by atoms with van der Waals surface area (Å²) in [6.45, 7) is 3.61. The van der Waals surface area contributed by atoms with Crippen LogP contribution < -0.4 is 9.47 Å². The summed E-state index contributed by atoms with van der Waals surface area (Å²) in [7, 11) is 1.66. The Labute approximate surface area is 163 Å². The third-order valence-electron chi connectivity index (χ3n) is 5.17. The molecule has 0 unspecified atom stereocenters. The van der Waals surface area contributed by atoms with Gasteiger partial charge in [0.25, 0.3) is 0 Å². The molecule has 1 fully saturated rings. The average molecular weight is 387 g/mol. The number of ether oxygens (including phenoxy) is 2. The molecule has 0 aliphatic carbocycles. The highest BCUT2D eigenvalue weighted by atomic mass is 35.5. The van der Waals surface area contributed by atoms with Gasteiger partial charge in [-0.1, -0.05) is 28.9 Å². The average Bonchev–Trinajstić information content (AvgIpc) is 3.12. The van der Waals surface area contributed by atoms with Crippen LogP contribution in [0.5, 0.6) is 11.5 Å². The van der Waals surface area contributed by atoms with Crippen molar-refractivity contribution in [2.24, 2.45) is 0 Å². The molecule has 1 aromatic heterocycles. The number of nitrogens with zero attached hydrogens (tertiary/aromatic N) is 2. The number of piperidine rings is 1. The molecule has 5 nitrogen and oxygen atoms in total. The van der Waals surface area contributed by atoms with E-state index in [1.54, 1.807) is 7.11 Å². The highest BCUT2D eigenvalue weighted by molar-refractivity contribution is 6.31. The number of para-hydroxylation sites is 2. The minimum atomic E-state index is 0.429. The van der Waals surface area contributed by atoms with E-state index in [-0.39, 0.29) is 0 Å². The van der Waals surface area contributed by atoms with Gasteiger partial charge in [0.1, 0.15) is 6.61 Å². The van der Waals surface area contributed by atoms with Crippen LogP contribution >= 0.6 is 11.6 Å². The van der Waals surface area contributed by atoms with Gasteiger partial charge in [-0.05, 0) is 50.2 Å². The first-order valence-electron chi connectivity index (χ1n) is 9.27. The van der Waals surface area contributed by atoms with Crippen molar-refractivity contribution in [3.63, 3.8) is 0 Å². The number of benzene rings is 2. The number of likely N-dealkylation sites (tertiary alicyclic amines) is 1. The fourth-order valence-electron chi connectivity index (χ4n) is 3.68. The van der Waals surface area contributed by atoms with Crippen molar-refractivity contribution >= 4 is 22.6 Å². The zero-order chi connectivity index (χ0) is 18.6. The van der Waals surface area contributed by atoms with E-state index in [2.05, 4.69) is 10.1 Å². The molecule has 0 amide bonds. The van der Waals surface area contributed by atoms with E-state index in [4.69, 9.17) is 25.6 Å². The largest absolute Gasteiger partial charge is 0.493 e. The number of aromatic nitrogens is 1. The SMILES string of the molecule is COc1ccccc1OCCN1CCC(c2noc3cc(Cl)ccc23)CC1. The molecule has 2 aromatic carbocycles. The van der Waals surface area contributed by atoms with Crippen LogP contribution in [0, 0.1) is 0 Å². The van der Waals surface area contributed by atoms with Crippen molar-refractivity contribution in [3.05, 3.63) is 53.2 Å². The summed E-state index contributed by atoms with van der Waals surface area (Å²) in [5.74, 6) is 2.00. The predicted molar refractivity (Wildman–Crippen MR) is 106 cm³/mol. The first-order chi connectivity index (χ1) is 13.2. The van der Waals surface area contributed by atoms with E-state index in [9.17, 15) is 0 Å². The summed E-state index contributed by atoms with van der Waals surface area (Å²) in [6, 6.07) is 13.5. The van der Waals surface area contributed by atoms with Crippen LogP contribution in [0.4, 0.5) is 0 Å². The maximum Gasteiger partial charge on any atom is 0.168 e. The molecule has 142 valence electrons. The predicted octanol–water partition coefficient (Wildman–Crippen LogP) is 4.75. The normalized spacial score (nSPS) is 15.9. The number of hydrogen-bond donors (Lipinski definition) is 0. The van der Waals surface area contributed by atoms with Crippen molar-refractivity contribution in [1.29, 1.82) is 0 Å². The smallest absolute Gasteiger partial charge is 0.168 e. The Hall–Kier alpha value is -2.24.